The highest BCUT2D eigenvalue weighted by atomic mass is 32.1. The molecule has 0 aliphatic carbocycles. The molecule has 3 aromatic rings. The summed E-state index contributed by atoms with van der Waals surface area (Å²) in [5.41, 5.74) is 3.63. The molecular weight excluding hydrogens is 298 g/mol. The Morgan fingerprint density at radius 3 is 2.91 bits per heavy atom. The lowest BCUT2D eigenvalue weighted by Crippen LogP contribution is -2.12. The molecule has 112 valence electrons. The molecule has 3 rings (SSSR count). The molecule has 0 saturated heterocycles. The summed E-state index contributed by atoms with van der Waals surface area (Å²) in [5.74, 6) is 0.396. The molecule has 1 N–H and O–H groups in total. The van der Waals surface area contributed by atoms with Gasteiger partial charge in [0.2, 0.25) is 12.3 Å². The van der Waals surface area contributed by atoms with Crippen LogP contribution < -0.4 is 5.32 Å². The highest BCUT2D eigenvalue weighted by Gasteiger charge is 2.14. The van der Waals surface area contributed by atoms with Crippen LogP contribution in [0.15, 0.2) is 40.5 Å². The highest BCUT2D eigenvalue weighted by Crippen LogP contribution is 2.25. The number of anilines is 1. The summed E-state index contributed by atoms with van der Waals surface area (Å²) in [6.45, 7) is 3.98. The van der Waals surface area contributed by atoms with E-state index < -0.39 is 0 Å². The van der Waals surface area contributed by atoms with Gasteiger partial charge in [-0.3, -0.25) is 4.79 Å². The van der Waals surface area contributed by atoms with E-state index in [-0.39, 0.29) is 5.91 Å². The zero-order chi connectivity index (χ0) is 15.5. The molecule has 5 nitrogen and oxygen atoms in total. The van der Waals surface area contributed by atoms with E-state index in [1.165, 1.54) is 17.7 Å². The average Bonchev–Trinajstić information content (AvgIpc) is 3.20. The van der Waals surface area contributed by atoms with Gasteiger partial charge in [-0.1, -0.05) is 6.92 Å². The van der Waals surface area contributed by atoms with Gasteiger partial charge in [-0.15, -0.1) is 21.5 Å². The van der Waals surface area contributed by atoms with E-state index in [2.05, 4.69) is 15.5 Å². The third-order valence-electron chi connectivity index (χ3n) is 3.42. The monoisotopic (exact) mass is 313 g/mol. The Balaban J connectivity index is 1.82. The van der Waals surface area contributed by atoms with Gasteiger partial charge in [-0.2, -0.15) is 0 Å². The van der Waals surface area contributed by atoms with Gasteiger partial charge in [0.05, 0.1) is 4.88 Å². The minimum absolute atomic E-state index is 0.0690. The van der Waals surface area contributed by atoms with Gasteiger partial charge in [0.25, 0.3) is 5.91 Å². The Hall–Kier alpha value is -2.47. The summed E-state index contributed by atoms with van der Waals surface area (Å²) < 4.78 is 5.18. The first-order chi connectivity index (χ1) is 10.7. The number of nitrogens with zero attached hydrogens (tertiary/aromatic N) is 2. The standard InChI is InChI=1S/C16H15N3O2S/c1-3-11-6-7-22-14(11)15(20)18-13-5-4-12(8-10(13)2)16-19-17-9-21-16/h4-9H,3H2,1-2H3,(H,18,20). The number of aromatic nitrogens is 2. The number of hydrogen-bond donors (Lipinski definition) is 1. The Morgan fingerprint density at radius 2 is 2.23 bits per heavy atom. The van der Waals surface area contributed by atoms with Crippen LogP contribution in [0.1, 0.15) is 27.7 Å². The predicted octanol–water partition coefficient (Wildman–Crippen LogP) is 3.92. The number of amides is 1. The van der Waals surface area contributed by atoms with E-state index in [4.69, 9.17) is 4.42 Å². The van der Waals surface area contributed by atoms with Crippen molar-refractivity contribution in [3.8, 4) is 11.5 Å². The lowest BCUT2D eigenvalue weighted by molar-refractivity contribution is 0.102. The largest absolute Gasteiger partial charge is 0.423 e. The fourth-order valence-corrected chi connectivity index (χ4v) is 3.12. The van der Waals surface area contributed by atoms with Crippen molar-refractivity contribution in [3.05, 3.63) is 52.0 Å². The second kappa shape index (κ2) is 6.11. The van der Waals surface area contributed by atoms with Gasteiger partial charge < -0.3 is 9.73 Å². The van der Waals surface area contributed by atoms with Crippen molar-refractivity contribution in [2.75, 3.05) is 5.32 Å². The molecule has 1 aromatic carbocycles. The average molecular weight is 313 g/mol. The minimum Gasteiger partial charge on any atom is -0.423 e. The van der Waals surface area contributed by atoms with Crippen LogP contribution in [0.3, 0.4) is 0 Å². The minimum atomic E-state index is -0.0690. The number of aryl methyl sites for hydroxylation is 2. The molecule has 22 heavy (non-hydrogen) atoms. The maximum absolute atomic E-state index is 12.4. The Bertz CT molecular complexity index is 794. The molecule has 0 unspecified atom stereocenters. The van der Waals surface area contributed by atoms with Crippen LogP contribution in [0.4, 0.5) is 5.69 Å². The summed E-state index contributed by atoms with van der Waals surface area (Å²) in [6.07, 6.45) is 2.14. The second-order valence-electron chi connectivity index (χ2n) is 4.86. The number of carbonyl (C=O) groups excluding carboxylic acids is 1. The van der Waals surface area contributed by atoms with Crippen molar-refractivity contribution in [1.82, 2.24) is 10.2 Å². The first kappa shape index (κ1) is 14.5. The normalized spacial score (nSPS) is 10.6. The molecule has 2 aromatic heterocycles. The van der Waals surface area contributed by atoms with E-state index in [0.717, 1.165) is 33.7 Å². The van der Waals surface area contributed by atoms with Crippen LogP contribution in [0.25, 0.3) is 11.5 Å². The van der Waals surface area contributed by atoms with Crippen LogP contribution in [0.5, 0.6) is 0 Å². The Kier molecular flexibility index (Phi) is 4.02. The SMILES string of the molecule is CCc1ccsc1C(=O)Nc1ccc(-c2nnco2)cc1C. The maximum Gasteiger partial charge on any atom is 0.266 e. The lowest BCUT2D eigenvalue weighted by atomic mass is 10.1. The molecule has 2 heterocycles. The molecule has 1 amide bonds. The number of hydrogen-bond acceptors (Lipinski definition) is 5. The molecule has 0 spiro atoms. The number of thiophene rings is 1. The number of nitrogens with one attached hydrogen (secondary N) is 1. The van der Waals surface area contributed by atoms with E-state index in [0.29, 0.717) is 5.89 Å². The van der Waals surface area contributed by atoms with Gasteiger partial charge in [0.1, 0.15) is 0 Å². The van der Waals surface area contributed by atoms with E-state index in [1.807, 2.05) is 43.5 Å². The summed E-state index contributed by atoms with van der Waals surface area (Å²) in [5, 5.41) is 12.5. The van der Waals surface area contributed by atoms with E-state index in [9.17, 15) is 4.79 Å². The highest BCUT2D eigenvalue weighted by molar-refractivity contribution is 7.12. The summed E-state index contributed by atoms with van der Waals surface area (Å²) in [4.78, 5) is 13.1. The fraction of sp³-hybridized carbons (Fsp3) is 0.188. The quantitative estimate of drug-likeness (QED) is 0.792. The first-order valence-electron chi connectivity index (χ1n) is 6.94. The van der Waals surface area contributed by atoms with Crippen molar-refractivity contribution in [3.63, 3.8) is 0 Å². The van der Waals surface area contributed by atoms with Gasteiger partial charge in [-0.25, -0.2) is 0 Å². The van der Waals surface area contributed by atoms with Gasteiger partial charge in [0.15, 0.2) is 0 Å². The molecule has 0 aliphatic rings. The summed E-state index contributed by atoms with van der Waals surface area (Å²) in [7, 11) is 0. The second-order valence-corrected chi connectivity index (χ2v) is 5.77. The molecular formula is C16H15N3O2S. The molecule has 0 bridgehead atoms. The topological polar surface area (TPSA) is 68.0 Å². The number of benzene rings is 1. The maximum atomic E-state index is 12.4. The van der Waals surface area contributed by atoms with Crippen molar-refractivity contribution in [2.45, 2.75) is 20.3 Å². The molecule has 0 aliphatic heterocycles. The van der Waals surface area contributed by atoms with Crippen LogP contribution in [-0.2, 0) is 6.42 Å². The van der Waals surface area contributed by atoms with Crippen LogP contribution in [0, 0.1) is 6.92 Å². The van der Waals surface area contributed by atoms with Crippen molar-refractivity contribution < 1.29 is 9.21 Å². The van der Waals surface area contributed by atoms with Crippen LogP contribution in [0.2, 0.25) is 0 Å². The smallest absolute Gasteiger partial charge is 0.266 e. The third-order valence-corrected chi connectivity index (χ3v) is 4.37. The zero-order valence-corrected chi connectivity index (χ0v) is 13.1. The van der Waals surface area contributed by atoms with E-state index in [1.54, 1.807) is 0 Å². The van der Waals surface area contributed by atoms with Crippen LogP contribution >= 0.6 is 11.3 Å². The molecule has 0 radical (unpaired) electrons. The molecule has 0 saturated carbocycles. The van der Waals surface area contributed by atoms with Crippen molar-refractivity contribution >= 4 is 22.9 Å². The first-order valence-corrected chi connectivity index (χ1v) is 7.82. The van der Waals surface area contributed by atoms with Crippen molar-refractivity contribution in [2.24, 2.45) is 0 Å². The molecule has 0 atom stereocenters. The Morgan fingerprint density at radius 1 is 1.36 bits per heavy atom. The molecule has 6 heteroatoms. The lowest BCUT2D eigenvalue weighted by Gasteiger charge is -2.09. The number of rotatable bonds is 4. The predicted molar refractivity (Wildman–Crippen MR) is 86.1 cm³/mol. The number of carbonyl (C=O) groups is 1. The summed E-state index contributed by atoms with van der Waals surface area (Å²) in [6, 6.07) is 7.61. The Labute approximate surface area is 132 Å². The molecule has 0 fully saturated rings. The third kappa shape index (κ3) is 2.78. The zero-order valence-electron chi connectivity index (χ0n) is 12.3. The fourth-order valence-electron chi connectivity index (χ4n) is 2.23. The van der Waals surface area contributed by atoms with Gasteiger partial charge in [0, 0.05) is 11.3 Å². The summed E-state index contributed by atoms with van der Waals surface area (Å²) >= 11 is 1.46. The van der Waals surface area contributed by atoms with Gasteiger partial charge in [-0.05, 0) is 54.1 Å². The van der Waals surface area contributed by atoms with Gasteiger partial charge >= 0.3 is 0 Å². The van der Waals surface area contributed by atoms with Crippen molar-refractivity contribution in [1.29, 1.82) is 0 Å². The van der Waals surface area contributed by atoms with E-state index >= 15 is 0 Å². The van der Waals surface area contributed by atoms with Crippen LogP contribution in [-0.4, -0.2) is 16.1 Å².